The van der Waals surface area contributed by atoms with Crippen molar-refractivity contribution in [3.63, 3.8) is 0 Å². The number of amides is 1. The fraction of sp³-hybridized carbons (Fsp3) is 0.480. The molecule has 3 aromatic rings. The predicted molar refractivity (Wildman–Crippen MR) is 129 cm³/mol. The number of benzene rings is 1. The van der Waals surface area contributed by atoms with Crippen LogP contribution in [0.25, 0.3) is 22.0 Å². The van der Waals surface area contributed by atoms with E-state index in [0.717, 1.165) is 37.7 Å². The molecule has 0 bridgehead atoms. The molecule has 2 N–H and O–H groups in total. The number of hydrogen-bond donors (Lipinski definition) is 2. The third-order valence-electron chi connectivity index (χ3n) is 7.16. The van der Waals surface area contributed by atoms with Gasteiger partial charge in [0.1, 0.15) is 5.76 Å². The minimum absolute atomic E-state index is 0.0342. The summed E-state index contributed by atoms with van der Waals surface area (Å²) in [5.74, 6) is 0.224. The molecule has 2 heterocycles. The molecule has 9 heteroatoms. The lowest BCUT2D eigenvalue weighted by Crippen LogP contribution is -2.46. The molecular formula is C25H30N4O4S. The highest BCUT2D eigenvalue weighted by atomic mass is 32.2. The number of fused-ring (bicyclic) bond motifs is 1. The maximum atomic E-state index is 13.7. The molecule has 2 aliphatic rings. The first-order chi connectivity index (χ1) is 16.3. The number of carbonyl (C=O) groups is 1. The van der Waals surface area contributed by atoms with E-state index in [0.29, 0.717) is 40.8 Å². The monoisotopic (exact) mass is 482 g/mol. The number of nitrogens with one attached hydrogen (secondary N) is 2. The summed E-state index contributed by atoms with van der Waals surface area (Å²) < 4.78 is 35.6. The third kappa shape index (κ3) is 4.34. The van der Waals surface area contributed by atoms with Gasteiger partial charge in [-0.3, -0.25) is 9.78 Å². The largest absolute Gasteiger partial charge is 0.361 e. The van der Waals surface area contributed by atoms with Gasteiger partial charge < -0.3 is 9.84 Å². The Morgan fingerprint density at radius 3 is 2.62 bits per heavy atom. The number of hydrogen-bond acceptors (Lipinski definition) is 6. The van der Waals surface area contributed by atoms with Crippen molar-refractivity contribution in [1.82, 2.24) is 20.2 Å². The van der Waals surface area contributed by atoms with Crippen LogP contribution in [0.4, 0.5) is 0 Å². The summed E-state index contributed by atoms with van der Waals surface area (Å²) in [6.45, 7) is 3.63. The van der Waals surface area contributed by atoms with Crippen LogP contribution in [-0.4, -0.2) is 36.5 Å². The highest BCUT2D eigenvalue weighted by molar-refractivity contribution is 7.89. The van der Waals surface area contributed by atoms with Crippen molar-refractivity contribution in [1.29, 1.82) is 0 Å². The summed E-state index contributed by atoms with van der Waals surface area (Å²) in [6.07, 6.45) is 8.06. The number of carbonyl (C=O) groups excluding carboxylic acids is 1. The maximum Gasteiger partial charge on any atom is 0.241 e. The van der Waals surface area contributed by atoms with Crippen molar-refractivity contribution >= 4 is 26.8 Å². The molecule has 2 aromatic heterocycles. The molecule has 1 aromatic carbocycles. The zero-order valence-corrected chi connectivity index (χ0v) is 20.3. The molecule has 34 heavy (non-hydrogen) atoms. The molecule has 2 unspecified atom stereocenters. The summed E-state index contributed by atoms with van der Waals surface area (Å²) in [6, 6.07) is 6.78. The molecule has 8 nitrogen and oxygen atoms in total. The van der Waals surface area contributed by atoms with Gasteiger partial charge >= 0.3 is 0 Å². The molecule has 0 aliphatic heterocycles. The Morgan fingerprint density at radius 1 is 1.09 bits per heavy atom. The van der Waals surface area contributed by atoms with E-state index >= 15 is 0 Å². The fourth-order valence-corrected chi connectivity index (χ4v) is 7.02. The van der Waals surface area contributed by atoms with Crippen molar-refractivity contribution in [3.8, 4) is 11.1 Å². The Morgan fingerprint density at radius 2 is 1.88 bits per heavy atom. The number of aromatic nitrogens is 2. The van der Waals surface area contributed by atoms with E-state index in [1.807, 2.05) is 13.0 Å². The Labute approximate surface area is 199 Å². The van der Waals surface area contributed by atoms with Crippen molar-refractivity contribution in [3.05, 3.63) is 41.9 Å². The second-order valence-electron chi connectivity index (χ2n) is 9.50. The quantitative estimate of drug-likeness (QED) is 0.549. The molecule has 0 saturated heterocycles. The van der Waals surface area contributed by atoms with E-state index in [-0.39, 0.29) is 22.8 Å². The molecule has 0 radical (unpaired) electrons. The zero-order valence-electron chi connectivity index (χ0n) is 19.5. The van der Waals surface area contributed by atoms with E-state index in [1.165, 1.54) is 0 Å². The lowest BCUT2D eigenvalue weighted by atomic mass is 10.0. The number of sulfonamides is 1. The number of aryl methyl sites for hydroxylation is 2. The lowest BCUT2D eigenvalue weighted by molar-refractivity contribution is -0.125. The number of pyridine rings is 1. The Kier molecular flexibility index (Phi) is 6.16. The predicted octanol–water partition coefficient (Wildman–Crippen LogP) is 4.01. The molecule has 1 amide bonds. The van der Waals surface area contributed by atoms with Crippen molar-refractivity contribution in [2.75, 3.05) is 0 Å². The number of nitrogens with zero attached hydrogens (tertiary/aromatic N) is 2. The molecule has 2 saturated carbocycles. The van der Waals surface area contributed by atoms with E-state index in [1.54, 1.807) is 31.3 Å². The summed E-state index contributed by atoms with van der Waals surface area (Å²) in [5.41, 5.74) is 2.70. The van der Waals surface area contributed by atoms with E-state index in [9.17, 15) is 13.2 Å². The topological polar surface area (TPSA) is 114 Å². The van der Waals surface area contributed by atoms with Crippen molar-refractivity contribution < 1.29 is 17.7 Å². The van der Waals surface area contributed by atoms with Crippen molar-refractivity contribution in [2.45, 2.75) is 75.8 Å². The molecule has 5 rings (SSSR count). The van der Waals surface area contributed by atoms with Crippen LogP contribution in [-0.2, 0) is 14.8 Å². The maximum absolute atomic E-state index is 13.7. The second-order valence-corrected chi connectivity index (χ2v) is 11.2. The van der Waals surface area contributed by atoms with Crippen LogP contribution < -0.4 is 10.0 Å². The first-order valence-corrected chi connectivity index (χ1v) is 13.5. The van der Waals surface area contributed by atoms with Gasteiger partial charge in [-0.15, -0.1) is 0 Å². The van der Waals surface area contributed by atoms with Gasteiger partial charge in [-0.2, -0.15) is 0 Å². The standard InChI is InChI=1S/C25H30N4O4S/c1-15-24(16(2)33-28-15)17-13-22-19(10-6-12-26-22)23(14-17)34(31,32)29-21-11-5-9-20(21)25(30)27-18-7-3-4-8-18/h6,10,12-14,18,20-21,29H,3-5,7-9,11H2,1-2H3,(H,27,30). The Balaban J connectivity index is 1.48. The van der Waals surface area contributed by atoms with Crippen LogP contribution in [0.2, 0.25) is 0 Å². The zero-order chi connectivity index (χ0) is 23.9. The van der Waals surface area contributed by atoms with E-state index < -0.39 is 16.1 Å². The minimum Gasteiger partial charge on any atom is -0.361 e. The van der Waals surface area contributed by atoms with Gasteiger partial charge in [-0.1, -0.05) is 24.4 Å². The molecule has 2 fully saturated rings. The molecule has 2 atom stereocenters. The van der Waals surface area contributed by atoms with Gasteiger partial charge in [0.05, 0.1) is 22.0 Å². The lowest BCUT2D eigenvalue weighted by Gasteiger charge is -2.23. The minimum atomic E-state index is -3.92. The Bertz CT molecular complexity index is 1310. The van der Waals surface area contributed by atoms with Gasteiger partial charge in [-0.25, -0.2) is 13.1 Å². The first-order valence-electron chi connectivity index (χ1n) is 12.0. The smallest absolute Gasteiger partial charge is 0.241 e. The van der Waals surface area contributed by atoms with Crippen LogP contribution in [0.3, 0.4) is 0 Å². The van der Waals surface area contributed by atoms with Crippen LogP contribution in [0.1, 0.15) is 56.4 Å². The normalized spacial score (nSPS) is 21.4. The number of rotatable bonds is 6. The van der Waals surface area contributed by atoms with Gasteiger partial charge in [0.25, 0.3) is 0 Å². The Hall–Kier alpha value is -2.78. The molecular weight excluding hydrogens is 452 g/mol. The summed E-state index contributed by atoms with van der Waals surface area (Å²) >= 11 is 0. The van der Waals surface area contributed by atoms with Crippen LogP contribution >= 0.6 is 0 Å². The summed E-state index contributed by atoms with van der Waals surface area (Å²) in [5, 5.41) is 7.70. The average Bonchev–Trinajstić information content (AvgIpc) is 3.55. The highest BCUT2D eigenvalue weighted by Crippen LogP contribution is 2.34. The van der Waals surface area contributed by atoms with Crippen LogP contribution in [0, 0.1) is 19.8 Å². The summed E-state index contributed by atoms with van der Waals surface area (Å²) in [4.78, 5) is 17.5. The van der Waals surface area contributed by atoms with Gasteiger partial charge in [0, 0.05) is 29.2 Å². The van der Waals surface area contributed by atoms with Gasteiger partial charge in [0.2, 0.25) is 15.9 Å². The van der Waals surface area contributed by atoms with E-state index in [4.69, 9.17) is 4.52 Å². The first kappa shape index (κ1) is 23.0. The fourth-order valence-electron chi connectivity index (χ4n) is 5.47. The van der Waals surface area contributed by atoms with E-state index in [2.05, 4.69) is 20.2 Å². The molecule has 0 spiro atoms. The van der Waals surface area contributed by atoms with Crippen molar-refractivity contribution in [2.24, 2.45) is 5.92 Å². The van der Waals surface area contributed by atoms with Crippen LogP contribution in [0.15, 0.2) is 39.9 Å². The highest BCUT2D eigenvalue weighted by Gasteiger charge is 2.37. The van der Waals surface area contributed by atoms with Gasteiger partial charge in [-0.05, 0) is 69.4 Å². The average molecular weight is 483 g/mol. The van der Waals surface area contributed by atoms with Crippen LogP contribution in [0.5, 0.6) is 0 Å². The molecule has 180 valence electrons. The second kappa shape index (κ2) is 9.11. The molecule has 2 aliphatic carbocycles. The third-order valence-corrected chi connectivity index (χ3v) is 8.69. The summed E-state index contributed by atoms with van der Waals surface area (Å²) in [7, 11) is -3.92. The SMILES string of the molecule is Cc1noc(C)c1-c1cc(S(=O)(=O)NC2CCCC2C(=O)NC2CCCC2)c2cccnc2c1. The van der Waals surface area contributed by atoms with Gasteiger partial charge in [0.15, 0.2) is 0 Å².